The third kappa shape index (κ3) is 3.70. The standard InChI is InChI=1S/C12H14N2O2/c1-9(11-3-5-14-6-4-11)7-12(15)16-10(2)8-13/h3-6,9-10H,7H2,1-2H3. The third-order valence-corrected chi connectivity index (χ3v) is 2.24. The fourth-order valence-corrected chi connectivity index (χ4v) is 1.33. The SMILES string of the molecule is CC(C#N)OC(=O)CC(C)c1ccncc1. The average molecular weight is 218 g/mol. The number of carbonyl (C=O) groups is 1. The number of nitrogens with zero attached hydrogens (tertiary/aromatic N) is 2. The molecule has 16 heavy (non-hydrogen) atoms. The highest BCUT2D eigenvalue weighted by atomic mass is 16.5. The van der Waals surface area contributed by atoms with Gasteiger partial charge in [0.15, 0.2) is 6.10 Å². The molecule has 0 N–H and O–H groups in total. The molecule has 0 bridgehead atoms. The van der Waals surface area contributed by atoms with Crippen molar-refractivity contribution in [3.63, 3.8) is 0 Å². The van der Waals surface area contributed by atoms with Crippen LogP contribution in [0, 0.1) is 11.3 Å². The zero-order valence-corrected chi connectivity index (χ0v) is 9.38. The number of pyridine rings is 1. The predicted molar refractivity (Wildman–Crippen MR) is 58.4 cm³/mol. The van der Waals surface area contributed by atoms with Crippen LogP contribution in [-0.4, -0.2) is 17.1 Å². The van der Waals surface area contributed by atoms with Gasteiger partial charge in [-0.25, -0.2) is 0 Å². The molecule has 4 heteroatoms. The van der Waals surface area contributed by atoms with Crippen molar-refractivity contribution in [1.29, 1.82) is 5.26 Å². The van der Waals surface area contributed by atoms with Gasteiger partial charge in [0.2, 0.25) is 0 Å². The van der Waals surface area contributed by atoms with Crippen LogP contribution in [-0.2, 0) is 9.53 Å². The maximum atomic E-state index is 11.4. The van der Waals surface area contributed by atoms with Gasteiger partial charge in [-0.05, 0) is 30.5 Å². The molecule has 0 saturated carbocycles. The first kappa shape index (κ1) is 12.2. The van der Waals surface area contributed by atoms with Gasteiger partial charge >= 0.3 is 5.97 Å². The van der Waals surface area contributed by atoms with Crippen molar-refractivity contribution in [2.45, 2.75) is 32.3 Å². The molecule has 1 rings (SSSR count). The minimum Gasteiger partial charge on any atom is -0.447 e. The van der Waals surface area contributed by atoms with Crippen molar-refractivity contribution < 1.29 is 9.53 Å². The van der Waals surface area contributed by atoms with Crippen LogP contribution < -0.4 is 0 Å². The molecule has 0 radical (unpaired) electrons. The summed E-state index contributed by atoms with van der Waals surface area (Å²) in [5.74, 6) is -0.278. The Morgan fingerprint density at radius 1 is 1.50 bits per heavy atom. The van der Waals surface area contributed by atoms with E-state index in [0.717, 1.165) is 5.56 Å². The topological polar surface area (TPSA) is 63.0 Å². The first-order chi connectivity index (χ1) is 7.63. The maximum Gasteiger partial charge on any atom is 0.307 e. The summed E-state index contributed by atoms with van der Waals surface area (Å²) in [5.41, 5.74) is 1.04. The number of ether oxygens (including phenoxy) is 1. The summed E-state index contributed by atoms with van der Waals surface area (Å²) in [6.45, 7) is 3.49. The summed E-state index contributed by atoms with van der Waals surface area (Å²) in [5, 5.41) is 8.50. The van der Waals surface area contributed by atoms with E-state index in [1.807, 2.05) is 25.1 Å². The lowest BCUT2D eigenvalue weighted by Gasteiger charge is -2.11. The molecule has 0 spiro atoms. The van der Waals surface area contributed by atoms with E-state index in [0.29, 0.717) is 0 Å². The number of nitriles is 1. The Bertz CT molecular complexity index is 384. The van der Waals surface area contributed by atoms with Gasteiger partial charge in [0.1, 0.15) is 6.07 Å². The molecule has 1 heterocycles. The Balaban J connectivity index is 2.50. The van der Waals surface area contributed by atoms with Crippen molar-refractivity contribution in [3.05, 3.63) is 30.1 Å². The normalized spacial score (nSPS) is 13.6. The highest BCUT2D eigenvalue weighted by Crippen LogP contribution is 2.18. The molecular formula is C12H14N2O2. The lowest BCUT2D eigenvalue weighted by atomic mass is 9.99. The quantitative estimate of drug-likeness (QED) is 0.725. The molecule has 0 aliphatic rings. The van der Waals surface area contributed by atoms with Crippen LogP contribution in [0.15, 0.2) is 24.5 Å². The van der Waals surface area contributed by atoms with Crippen LogP contribution in [0.3, 0.4) is 0 Å². The second-order valence-electron chi connectivity index (χ2n) is 3.65. The third-order valence-electron chi connectivity index (χ3n) is 2.24. The summed E-state index contributed by atoms with van der Waals surface area (Å²) in [6.07, 6.45) is 2.97. The number of aromatic nitrogens is 1. The Morgan fingerprint density at radius 2 is 2.12 bits per heavy atom. The lowest BCUT2D eigenvalue weighted by molar-refractivity contribution is -0.146. The number of carbonyl (C=O) groups excluding carboxylic acids is 1. The first-order valence-electron chi connectivity index (χ1n) is 5.12. The van der Waals surface area contributed by atoms with E-state index in [2.05, 4.69) is 4.98 Å². The maximum absolute atomic E-state index is 11.4. The van der Waals surface area contributed by atoms with Crippen LogP contribution in [0.25, 0.3) is 0 Å². The highest BCUT2D eigenvalue weighted by molar-refractivity contribution is 5.70. The first-order valence-corrected chi connectivity index (χ1v) is 5.12. The van der Waals surface area contributed by atoms with Crippen molar-refractivity contribution in [1.82, 2.24) is 4.98 Å². The Morgan fingerprint density at radius 3 is 2.69 bits per heavy atom. The van der Waals surface area contributed by atoms with E-state index in [1.165, 1.54) is 0 Å². The monoisotopic (exact) mass is 218 g/mol. The van der Waals surface area contributed by atoms with Crippen molar-refractivity contribution in [3.8, 4) is 6.07 Å². The van der Waals surface area contributed by atoms with E-state index in [4.69, 9.17) is 10.00 Å². The minimum absolute atomic E-state index is 0.0707. The van der Waals surface area contributed by atoms with Crippen molar-refractivity contribution >= 4 is 5.97 Å². The van der Waals surface area contributed by atoms with Gasteiger partial charge in [-0.2, -0.15) is 5.26 Å². The van der Waals surface area contributed by atoms with Crippen LogP contribution in [0.5, 0.6) is 0 Å². The van der Waals surface area contributed by atoms with Crippen LogP contribution in [0.2, 0.25) is 0 Å². The fraction of sp³-hybridized carbons (Fsp3) is 0.417. The molecule has 0 aliphatic carbocycles. The number of hydrogen-bond acceptors (Lipinski definition) is 4. The summed E-state index contributed by atoms with van der Waals surface area (Å²) >= 11 is 0. The minimum atomic E-state index is -0.683. The molecule has 84 valence electrons. The zero-order chi connectivity index (χ0) is 12.0. The van der Waals surface area contributed by atoms with Gasteiger partial charge in [-0.1, -0.05) is 6.92 Å². The van der Waals surface area contributed by atoms with Crippen LogP contribution in [0.1, 0.15) is 31.7 Å². The molecule has 2 unspecified atom stereocenters. The lowest BCUT2D eigenvalue weighted by Crippen LogP contribution is -2.14. The van der Waals surface area contributed by atoms with E-state index >= 15 is 0 Å². The Kier molecular flexibility index (Phi) is 4.46. The van der Waals surface area contributed by atoms with Crippen LogP contribution >= 0.6 is 0 Å². The number of rotatable bonds is 4. The molecule has 4 nitrogen and oxygen atoms in total. The van der Waals surface area contributed by atoms with E-state index < -0.39 is 6.10 Å². The van der Waals surface area contributed by atoms with Crippen molar-refractivity contribution in [2.24, 2.45) is 0 Å². The van der Waals surface area contributed by atoms with Gasteiger partial charge in [0, 0.05) is 12.4 Å². The largest absolute Gasteiger partial charge is 0.447 e. The smallest absolute Gasteiger partial charge is 0.307 e. The molecule has 0 aromatic carbocycles. The molecule has 0 fully saturated rings. The molecule has 0 saturated heterocycles. The van der Waals surface area contributed by atoms with Crippen LogP contribution in [0.4, 0.5) is 0 Å². The van der Waals surface area contributed by atoms with Crippen molar-refractivity contribution in [2.75, 3.05) is 0 Å². The molecule has 2 atom stereocenters. The number of esters is 1. The Labute approximate surface area is 94.9 Å². The summed E-state index contributed by atoms with van der Waals surface area (Å²) in [4.78, 5) is 15.3. The van der Waals surface area contributed by atoms with E-state index in [-0.39, 0.29) is 18.3 Å². The molecular weight excluding hydrogens is 204 g/mol. The highest BCUT2D eigenvalue weighted by Gasteiger charge is 2.14. The number of hydrogen-bond donors (Lipinski definition) is 0. The summed E-state index contributed by atoms with van der Waals surface area (Å²) < 4.78 is 4.88. The van der Waals surface area contributed by atoms with Gasteiger partial charge in [-0.3, -0.25) is 9.78 Å². The molecule has 1 aromatic rings. The molecule has 0 amide bonds. The summed E-state index contributed by atoms with van der Waals surface area (Å²) in [7, 11) is 0. The molecule has 0 aliphatic heterocycles. The molecule has 1 aromatic heterocycles. The van der Waals surface area contributed by atoms with Gasteiger partial charge in [0.25, 0.3) is 0 Å². The zero-order valence-electron chi connectivity index (χ0n) is 9.38. The fourth-order valence-electron chi connectivity index (χ4n) is 1.33. The second kappa shape index (κ2) is 5.86. The van der Waals surface area contributed by atoms with E-state index in [9.17, 15) is 4.79 Å². The second-order valence-corrected chi connectivity index (χ2v) is 3.65. The average Bonchev–Trinajstić information content (AvgIpc) is 2.29. The van der Waals surface area contributed by atoms with E-state index in [1.54, 1.807) is 19.3 Å². The Hall–Kier alpha value is -1.89. The summed E-state index contributed by atoms with van der Waals surface area (Å²) in [6, 6.07) is 5.59. The predicted octanol–water partition coefficient (Wildman–Crippen LogP) is 2.03. The van der Waals surface area contributed by atoms with Gasteiger partial charge in [0.05, 0.1) is 6.42 Å². The van der Waals surface area contributed by atoms with Gasteiger partial charge in [-0.15, -0.1) is 0 Å². The van der Waals surface area contributed by atoms with Gasteiger partial charge < -0.3 is 4.74 Å².